The fourth-order valence-corrected chi connectivity index (χ4v) is 1.07. The van der Waals surface area contributed by atoms with E-state index in [0.29, 0.717) is 0 Å². The van der Waals surface area contributed by atoms with Crippen LogP contribution in [0.2, 0.25) is 0 Å². The number of rotatable bonds is 1. The van der Waals surface area contributed by atoms with Crippen molar-refractivity contribution in [1.82, 2.24) is 0 Å². The molecule has 0 aliphatic carbocycles. The lowest BCUT2D eigenvalue weighted by Gasteiger charge is -1.98. The van der Waals surface area contributed by atoms with Crippen LogP contribution < -0.4 is 0 Å². The Morgan fingerprint density at radius 2 is 1.83 bits per heavy atom. The molecule has 0 bridgehead atoms. The minimum absolute atomic E-state index is 0.498. The second kappa shape index (κ2) is 2.65. The van der Waals surface area contributed by atoms with E-state index in [9.17, 15) is 8.42 Å². The van der Waals surface area contributed by atoms with Crippen molar-refractivity contribution in [3.63, 3.8) is 0 Å². The zero-order chi connectivity index (χ0) is 9.35. The molecule has 1 aromatic carbocycles. The molecule has 6 heteroatoms. The molecule has 0 amide bonds. The van der Waals surface area contributed by atoms with Gasteiger partial charge in [-0.25, -0.2) is 0 Å². The van der Waals surface area contributed by atoms with Crippen LogP contribution in [0.25, 0.3) is 0 Å². The van der Waals surface area contributed by atoms with E-state index in [1.807, 2.05) is 6.07 Å². The average molecular weight is 189 g/mol. The first-order chi connectivity index (χ1) is 5.41. The first-order valence-corrected chi connectivity index (χ1v) is 4.27. The van der Waals surface area contributed by atoms with E-state index in [1.165, 1.54) is 0 Å². The van der Waals surface area contributed by atoms with Gasteiger partial charge in [-0.2, -0.15) is 8.42 Å². The van der Waals surface area contributed by atoms with Crippen LogP contribution in [0.4, 0.5) is 0 Å². The predicted molar refractivity (Wildman–Crippen MR) is 38.4 cm³/mol. The van der Waals surface area contributed by atoms with Crippen molar-refractivity contribution in [2.75, 3.05) is 0 Å². The molecule has 3 N–H and O–H groups in total. The summed E-state index contributed by atoms with van der Waals surface area (Å²) >= 11 is 0. The fraction of sp³-hybridized carbons (Fsp3) is 0. The van der Waals surface area contributed by atoms with Gasteiger partial charge in [-0.3, -0.25) is 4.55 Å². The minimum Gasteiger partial charge on any atom is -0.504 e. The number of benzene rings is 1. The Hall–Kier alpha value is -1.27. The van der Waals surface area contributed by atoms with E-state index in [-0.39, 0.29) is 0 Å². The highest BCUT2D eigenvalue weighted by Crippen LogP contribution is 2.25. The molecule has 0 unspecified atom stereocenters. The summed E-state index contributed by atoms with van der Waals surface area (Å²) in [6.07, 6.45) is 0. The Bertz CT molecular complexity index is 394. The summed E-state index contributed by atoms with van der Waals surface area (Å²) in [6, 6.07) is 3.74. The van der Waals surface area contributed by atoms with Gasteiger partial charge in [0.2, 0.25) is 0 Å². The highest BCUT2D eigenvalue weighted by molar-refractivity contribution is 7.85. The first-order valence-electron chi connectivity index (χ1n) is 2.83. The van der Waals surface area contributed by atoms with Crippen LogP contribution in [-0.2, 0) is 10.1 Å². The van der Waals surface area contributed by atoms with Gasteiger partial charge in [-0.05, 0) is 12.1 Å². The summed E-state index contributed by atoms with van der Waals surface area (Å²) in [5, 5.41) is 17.5. The molecule has 0 atom stereocenters. The van der Waals surface area contributed by atoms with E-state index >= 15 is 0 Å². The Morgan fingerprint density at radius 3 is 2.25 bits per heavy atom. The van der Waals surface area contributed by atoms with Gasteiger partial charge in [-0.15, -0.1) is 0 Å². The molecule has 0 spiro atoms. The quantitative estimate of drug-likeness (QED) is 0.431. The fourth-order valence-electron chi connectivity index (χ4n) is 0.606. The van der Waals surface area contributed by atoms with E-state index in [0.717, 1.165) is 12.1 Å². The maximum absolute atomic E-state index is 10.4. The van der Waals surface area contributed by atoms with Crippen LogP contribution >= 0.6 is 0 Å². The Morgan fingerprint density at radius 1 is 1.25 bits per heavy atom. The third-order valence-corrected chi connectivity index (χ3v) is 1.95. The molecule has 0 fully saturated rings. The molecular weight excluding hydrogens is 184 g/mol. The van der Waals surface area contributed by atoms with Crippen molar-refractivity contribution in [1.29, 1.82) is 0 Å². The Balaban J connectivity index is 3.33. The Kier molecular flexibility index (Phi) is 1.95. The molecule has 5 nitrogen and oxygen atoms in total. The van der Waals surface area contributed by atoms with Crippen molar-refractivity contribution in [3.05, 3.63) is 18.2 Å². The molecular formula is C6H5O5S. The summed E-state index contributed by atoms with van der Waals surface area (Å²) in [5.74, 6) is -1.22. The zero-order valence-electron chi connectivity index (χ0n) is 5.72. The largest absolute Gasteiger partial charge is 0.504 e. The van der Waals surface area contributed by atoms with E-state index in [1.54, 1.807) is 0 Å². The van der Waals surface area contributed by atoms with Gasteiger partial charge >= 0.3 is 0 Å². The number of phenolic OH excluding ortho intramolecular Hbond substituents is 2. The Labute approximate surface area is 68.6 Å². The number of phenols is 2. The average Bonchev–Trinajstić information content (AvgIpc) is 1.92. The van der Waals surface area contributed by atoms with Gasteiger partial charge < -0.3 is 10.2 Å². The highest BCUT2D eigenvalue weighted by atomic mass is 32.2. The number of hydrogen-bond donors (Lipinski definition) is 3. The molecule has 0 saturated heterocycles. The van der Waals surface area contributed by atoms with Gasteiger partial charge in [0.15, 0.2) is 11.5 Å². The third-order valence-electron chi connectivity index (χ3n) is 1.15. The van der Waals surface area contributed by atoms with Crippen molar-refractivity contribution < 1.29 is 23.2 Å². The summed E-state index contributed by atoms with van der Waals surface area (Å²) in [5.41, 5.74) is 0. The predicted octanol–water partition coefficient (Wildman–Crippen LogP) is 0.145. The third kappa shape index (κ3) is 1.66. The van der Waals surface area contributed by atoms with Crippen LogP contribution in [0, 0.1) is 6.07 Å². The summed E-state index contributed by atoms with van der Waals surface area (Å²) < 4.78 is 29.3. The van der Waals surface area contributed by atoms with Crippen LogP contribution in [0.3, 0.4) is 0 Å². The SMILES string of the molecule is O=S(=O)(O)c1[c]c(O)c(O)cc1. The lowest BCUT2D eigenvalue weighted by atomic mass is 10.3. The minimum atomic E-state index is -4.37. The molecule has 0 saturated carbocycles. The molecule has 0 aliphatic rings. The highest BCUT2D eigenvalue weighted by Gasteiger charge is 2.12. The van der Waals surface area contributed by atoms with Crippen LogP contribution in [0.1, 0.15) is 0 Å². The maximum Gasteiger partial charge on any atom is 0.295 e. The molecule has 1 rings (SSSR count). The zero-order valence-corrected chi connectivity index (χ0v) is 6.54. The molecule has 0 aliphatic heterocycles. The molecule has 65 valence electrons. The monoisotopic (exact) mass is 189 g/mol. The lowest BCUT2D eigenvalue weighted by Crippen LogP contribution is -1.97. The molecule has 1 radical (unpaired) electrons. The van der Waals surface area contributed by atoms with Crippen molar-refractivity contribution in [3.8, 4) is 11.5 Å². The standard InChI is InChI=1S/C6H5O5S/c7-5-2-1-4(3-6(5)8)12(9,10)11/h1-2,7-8H,(H,9,10,11). The summed E-state index contributed by atoms with van der Waals surface area (Å²) in [7, 11) is -4.37. The summed E-state index contributed by atoms with van der Waals surface area (Å²) in [4.78, 5) is -0.585. The number of aromatic hydroxyl groups is 2. The summed E-state index contributed by atoms with van der Waals surface area (Å²) in [6.45, 7) is 0. The second-order valence-electron chi connectivity index (χ2n) is 2.03. The number of hydrogen-bond acceptors (Lipinski definition) is 4. The van der Waals surface area contributed by atoms with Crippen molar-refractivity contribution in [2.45, 2.75) is 4.90 Å². The van der Waals surface area contributed by atoms with Gasteiger partial charge in [0, 0.05) is 0 Å². The molecule has 0 aromatic heterocycles. The van der Waals surface area contributed by atoms with Gasteiger partial charge in [0.25, 0.3) is 10.1 Å². The van der Waals surface area contributed by atoms with Gasteiger partial charge in [-0.1, -0.05) is 0 Å². The van der Waals surface area contributed by atoms with Crippen LogP contribution in [0.15, 0.2) is 17.0 Å². The topological polar surface area (TPSA) is 94.8 Å². The van der Waals surface area contributed by atoms with Gasteiger partial charge in [0.05, 0.1) is 6.07 Å². The lowest BCUT2D eigenvalue weighted by molar-refractivity contribution is 0.400. The second-order valence-corrected chi connectivity index (χ2v) is 3.42. The molecule has 0 heterocycles. The molecule has 1 aromatic rings. The van der Waals surface area contributed by atoms with E-state index < -0.39 is 26.5 Å². The van der Waals surface area contributed by atoms with Crippen LogP contribution in [-0.4, -0.2) is 23.2 Å². The smallest absolute Gasteiger partial charge is 0.295 e. The van der Waals surface area contributed by atoms with E-state index in [2.05, 4.69) is 0 Å². The van der Waals surface area contributed by atoms with Gasteiger partial charge in [0.1, 0.15) is 4.90 Å². The first kappa shape index (κ1) is 8.82. The van der Waals surface area contributed by atoms with Crippen molar-refractivity contribution >= 4 is 10.1 Å². The maximum atomic E-state index is 10.4. The normalized spacial score (nSPS) is 11.4. The van der Waals surface area contributed by atoms with Crippen molar-refractivity contribution in [2.24, 2.45) is 0 Å². The molecule has 12 heavy (non-hydrogen) atoms. The van der Waals surface area contributed by atoms with Crippen LogP contribution in [0.5, 0.6) is 11.5 Å². The van der Waals surface area contributed by atoms with E-state index in [4.69, 9.17) is 14.8 Å².